The number of hydrogen-bond acceptors (Lipinski definition) is 7. The minimum Gasteiger partial charge on any atom is -0.495 e. The number of fused-ring (bicyclic) bond motifs is 1. The standard InChI is InChI=1S/C26H25FN4O3S2/c1-34-22-9-5-4-8-21(22)29-11-13-30(14-12-29)23(32)17-36-26-28-20-10-15-35-24(20)25(33)31(26)16-18-6-2-3-7-19(18)27/h2-10,15H,11-14,16-17H2,1H3. The van der Waals surface area contributed by atoms with Crippen LogP contribution in [0.2, 0.25) is 0 Å². The molecule has 0 spiro atoms. The highest BCUT2D eigenvalue weighted by Crippen LogP contribution is 2.29. The lowest BCUT2D eigenvalue weighted by Crippen LogP contribution is -2.49. The molecule has 7 nitrogen and oxygen atoms in total. The number of anilines is 1. The molecule has 0 N–H and O–H groups in total. The molecule has 0 bridgehead atoms. The quantitative estimate of drug-likeness (QED) is 0.268. The summed E-state index contributed by atoms with van der Waals surface area (Å²) < 4.78 is 21.8. The first-order chi connectivity index (χ1) is 17.5. The Morgan fingerprint density at radius 1 is 1.08 bits per heavy atom. The maximum atomic E-state index is 14.3. The summed E-state index contributed by atoms with van der Waals surface area (Å²) in [5.41, 5.74) is 1.79. The number of rotatable bonds is 7. The number of halogens is 1. The summed E-state index contributed by atoms with van der Waals surface area (Å²) in [6.07, 6.45) is 0. The van der Waals surface area contributed by atoms with Gasteiger partial charge in [-0.3, -0.25) is 14.2 Å². The zero-order valence-corrected chi connectivity index (χ0v) is 21.4. The Bertz CT molecular complexity index is 1450. The zero-order valence-electron chi connectivity index (χ0n) is 19.7. The number of amides is 1. The number of carbonyl (C=O) groups is 1. The fourth-order valence-electron chi connectivity index (χ4n) is 4.28. The summed E-state index contributed by atoms with van der Waals surface area (Å²) >= 11 is 2.53. The summed E-state index contributed by atoms with van der Waals surface area (Å²) in [6.45, 7) is 2.65. The van der Waals surface area contributed by atoms with Gasteiger partial charge in [-0.25, -0.2) is 9.37 Å². The molecule has 1 fully saturated rings. The summed E-state index contributed by atoms with van der Waals surface area (Å²) in [5.74, 6) is 0.566. The van der Waals surface area contributed by atoms with E-state index in [9.17, 15) is 14.0 Å². The number of methoxy groups -OCH3 is 1. The van der Waals surface area contributed by atoms with Gasteiger partial charge in [0.2, 0.25) is 5.91 Å². The minimum atomic E-state index is -0.379. The van der Waals surface area contributed by atoms with Crippen molar-refractivity contribution in [3.63, 3.8) is 0 Å². The average molecular weight is 525 g/mol. The van der Waals surface area contributed by atoms with Gasteiger partial charge < -0.3 is 14.5 Å². The van der Waals surface area contributed by atoms with E-state index >= 15 is 0 Å². The monoisotopic (exact) mass is 524 g/mol. The van der Waals surface area contributed by atoms with Crippen molar-refractivity contribution in [2.24, 2.45) is 0 Å². The summed E-state index contributed by atoms with van der Waals surface area (Å²) in [4.78, 5) is 34.9. The van der Waals surface area contributed by atoms with Gasteiger partial charge in [0, 0.05) is 31.7 Å². The Balaban J connectivity index is 1.29. The Morgan fingerprint density at radius 2 is 1.83 bits per heavy atom. The Hall–Kier alpha value is -3.37. The molecule has 0 unspecified atom stereocenters. The number of aromatic nitrogens is 2. The number of para-hydroxylation sites is 2. The van der Waals surface area contributed by atoms with Crippen molar-refractivity contribution in [3.8, 4) is 5.75 Å². The van der Waals surface area contributed by atoms with Gasteiger partial charge in [0.1, 0.15) is 16.3 Å². The van der Waals surface area contributed by atoms with Crippen molar-refractivity contribution in [2.45, 2.75) is 11.7 Å². The number of ether oxygens (including phenoxy) is 1. The van der Waals surface area contributed by atoms with Gasteiger partial charge in [-0.1, -0.05) is 42.1 Å². The first kappa shape index (κ1) is 24.3. The van der Waals surface area contributed by atoms with Crippen LogP contribution in [0.15, 0.2) is 69.9 Å². The number of thiophene rings is 1. The zero-order chi connectivity index (χ0) is 25.1. The fourth-order valence-corrected chi connectivity index (χ4v) is 5.96. The predicted octanol–water partition coefficient (Wildman–Crippen LogP) is 4.09. The molecule has 0 radical (unpaired) electrons. The summed E-state index contributed by atoms with van der Waals surface area (Å²) in [5, 5.41) is 2.23. The topological polar surface area (TPSA) is 67.7 Å². The number of thioether (sulfide) groups is 1. The molecule has 2 aromatic carbocycles. The van der Waals surface area contributed by atoms with E-state index < -0.39 is 0 Å². The molecule has 1 amide bonds. The summed E-state index contributed by atoms with van der Waals surface area (Å²) in [6, 6.07) is 16.0. The normalized spacial score (nSPS) is 13.8. The van der Waals surface area contributed by atoms with Crippen molar-refractivity contribution < 1.29 is 13.9 Å². The van der Waals surface area contributed by atoms with Gasteiger partial charge in [-0.15, -0.1) is 11.3 Å². The van der Waals surface area contributed by atoms with Gasteiger partial charge in [0.25, 0.3) is 5.56 Å². The van der Waals surface area contributed by atoms with Crippen molar-refractivity contribution in [1.82, 2.24) is 14.5 Å². The first-order valence-electron chi connectivity index (χ1n) is 11.5. The number of carbonyl (C=O) groups excluding carboxylic acids is 1. The highest BCUT2D eigenvalue weighted by atomic mass is 32.2. The van der Waals surface area contributed by atoms with E-state index in [1.165, 1.54) is 33.7 Å². The third kappa shape index (κ3) is 4.96. The average Bonchev–Trinajstić information content (AvgIpc) is 3.39. The molecule has 0 atom stereocenters. The SMILES string of the molecule is COc1ccccc1N1CCN(C(=O)CSc2nc3ccsc3c(=O)n2Cc2ccccc2F)CC1. The van der Waals surface area contributed by atoms with Crippen molar-refractivity contribution in [3.05, 3.63) is 81.7 Å². The molecule has 186 valence electrons. The van der Waals surface area contributed by atoms with Crippen LogP contribution in [0.4, 0.5) is 10.1 Å². The maximum Gasteiger partial charge on any atom is 0.272 e. The van der Waals surface area contributed by atoms with Gasteiger partial charge in [0.15, 0.2) is 5.16 Å². The van der Waals surface area contributed by atoms with E-state index in [2.05, 4.69) is 9.88 Å². The van der Waals surface area contributed by atoms with E-state index in [0.717, 1.165) is 11.4 Å². The van der Waals surface area contributed by atoms with Crippen LogP contribution in [0.5, 0.6) is 5.75 Å². The molecular formula is C26H25FN4O3S2. The van der Waals surface area contributed by atoms with E-state index in [4.69, 9.17) is 4.74 Å². The van der Waals surface area contributed by atoms with Gasteiger partial charge in [-0.05, 0) is 29.6 Å². The smallest absolute Gasteiger partial charge is 0.272 e. The highest BCUT2D eigenvalue weighted by Gasteiger charge is 2.24. The number of hydrogen-bond donors (Lipinski definition) is 0. The van der Waals surface area contributed by atoms with Gasteiger partial charge >= 0.3 is 0 Å². The third-order valence-corrected chi connectivity index (χ3v) is 8.05. The van der Waals surface area contributed by atoms with Crippen molar-refractivity contribution in [1.29, 1.82) is 0 Å². The van der Waals surface area contributed by atoms with E-state index in [1.54, 1.807) is 31.4 Å². The van der Waals surface area contributed by atoms with Crippen LogP contribution in [-0.2, 0) is 11.3 Å². The van der Waals surface area contributed by atoms with Crippen LogP contribution in [0.3, 0.4) is 0 Å². The predicted molar refractivity (Wildman–Crippen MR) is 142 cm³/mol. The van der Waals surface area contributed by atoms with Crippen LogP contribution in [0.1, 0.15) is 5.56 Å². The molecule has 1 aliphatic rings. The number of nitrogens with zero attached hydrogens (tertiary/aromatic N) is 4. The molecule has 1 aliphatic heterocycles. The molecule has 3 heterocycles. The number of piperazine rings is 1. The molecule has 1 saturated heterocycles. The van der Waals surface area contributed by atoms with E-state index in [-0.39, 0.29) is 29.6 Å². The van der Waals surface area contributed by atoms with Crippen LogP contribution >= 0.6 is 23.1 Å². The fraction of sp³-hybridized carbons (Fsp3) is 0.269. The Labute approximate surface area is 216 Å². The highest BCUT2D eigenvalue weighted by molar-refractivity contribution is 7.99. The van der Waals surface area contributed by atoms with E-state index in [0.29, 0.717) is 47.1 Å². The summed E-state index contributed by atoms with van der Waals surface area (Å²) in [7, 11) is 1.66. The Kier molecular flexibility index (Phi) is 7.24. The second kappa shape index (κ2) is 10.7. The largest absolute Gasteiger partial charge is 0.495 e. The molecule has 2 aromatic heterocycles. The van der Waals surface area contributed by atoms with E-state index in [1.807, 2.05) is 34.5 Å². The van der Waals surface area contributed by atoms with Crippen LogP contribution in [0.25, 0.3) is 10.2 Å². The molecule has 10 heteroatoms. The lowest BCUT2D eigenvalue weighted by atomic mass is 10.2. The second-order valence-corrected chi connectivity index (χ2v) is 10.2. The van der Waals surface area contributed by atoms with Crippen molar-refractivity contribution in [2.75, 3.05) is 43.9 Å². The lowest BCUT2D eigenvalue weighted by molar-refractivity contribution is -0.128. The lowest BCUT2D eigenvalue weighted by Gasteiger charge is -2.36. The minimum absolute atomic E-state index is 0.0169. The molecule has 5 rings (SSSR count). The molecule has 4 aromatic rings. The number of benzene rings is 2. The Morgan fingerprint density at radius 3 is 2.61 bits per heavy atom. The second-order valence-electron chi connectivity index (χ2n) is 8.34. The molecular weight excluding hydrogens is 499 g/mol. The van der Waals surface area contributed by atoms with Crippen LogP contribution < -0.4 is 15.2 Å². The van der Waals surface area contributed by atoms with Gasteiger partial charge in [-0.2, -0.15) is 0 Å². The molecule has 0 aliphatic carbocycles. The first-order valence-corrected chi connectivity index (χ1v) is 13.4. The molecule has 36 heavy (non-hydrogen) atoms. The van der Waals surface area contributed by atoms with Gasteiger partial charge in [0.05, 0.1) is 30.6 Å². The maximum absolute atomic E-state index is 14.3. The van der Waals surface area contributed by atoms with Crippen molar-refractivity contribution >= 4 is 44.9 Å². The van der Waals surface area contributed by atoms with Crippen LogP contribution in [-0.4, -0.2) is 59.4 Å². The molecule has 0 saturated carbocycles. The van der Waals surface area contributed by atoms with Crippen LogP contribution in [0, 0.1) is 5.82 Å². The third-order valence-electron chi connectivity index (χ3n) is 6.20.